The van der Waals surface area contributed by atoms with Gasteiger partial charge in [-0.25, -0.2) is 0 Å². The minimum absolute atomic E-state index is 0.530. The van der Waals surface area contributed by atoms with Gasteiger partial charge in [0.15, 0.2) is 0 Å². The van der Waals surface area contributed by atoms with E-state index in [0.717, 1.165) is 16.7 Å². The molecule has 1 heterocycles. The van der Waals surface area contributed by atoms with Crippen molar-refractivity contribution >= 4 is 28.9 Å². The molecule has 88 valence electrons. The van der Waals surface area contributed by atoms with E-state index in [-0.39, 0.29) is 0 Å². The fraction of sp³-hybridized carbons (Fsp3) is 0.154. The van der Waals surface area contributed by atoms with Crippen LogP contribution in [0.1, 0.15) is 16.7 Å². The maximum atomic E-state index is 6.17. The molecule has 0 aliphatic rings. The highest BCUT2D eigenvalue weighted by atomic mass is 35.5. The van der Waals surface area contributed by atoms with Gasteiger partial charge in [0.2, 0.25) is 0 Å². The van der Waals surface area contributed by atoms with Crippen LogP contribution in [0.4, 0.5) is 5.69 Å². The van der Waals surface area contributed by atoms with Crippen LogP contribution in [0.2, 0.25) is 10.0 Å². The summed E-state index contributed by atoms with van der Waals surface area (Å²) in [6.07, 6.45) is 4.25. The Labute approximate surface area is 110 Å². The summed E-state index contributed by atoms with van der Waals surface area (Å²) in [6.45, 7) is 2.01. The van der Waals surface area contributed by atoms with Crippen LogP contribution in [0, 0.1) is 6.92 Å². The number of nitrogens with two attached hydrogens (primary N) is 1. The second-order valence-corrected chi connectivity index (χ2v) is 4.69. The number of hydrogen-bond acceptors (Lipinski definition) is 2. The third kappa shape index (κ3) is 2.54. The van der Waals surface area contributed by atoms with Gasteiger partial charge in [0.1, 0.15) is 0 Å². The Bertz CT molecular complexity index is 553. The van der Waals surface area contributed by atoms with Crippen molar-refractivity contribution in [2.75, 3.05) is 5.73 Å². The highest BCUT2D eigenvalue weighted by molar-refractivity contribution is 6.42. The van der Waals surface area contributed by atoms with Gasteiger partial charge >= 0.3 is 0 Å². The van der Waals surface area contributed by atoms with E-state index in [2.05, 4.69) is 4.98 Å². The molecule has 0 aliphatic carbocycles. The van der Waals surface area contributed by atoms with Crippen molar-refractivity contribution in [2.24, 2.45) is 0 Å². The maximum absolute atomic E-state index is 6.17. The molecule has 4 heteroatoms. The van der Waals surface area contributed by atoms with Gasteiger partial charge in [-0.2, -0.15) is 0 Å². The zero-order chi connectivity index (χ0) is 12.4. The number of pyridine rings is 1. The molecule has 0 amide bonds. The lowest BCUT2D eigenvalue weighted by Crippen LogP contribution is -1.99. The Morgan fingerprint density at radius 1 is 1.24 bits per heavy atom. The van der Waals surface area contributed by atoms with Crippen molar-refractivity contribution in [3.05, 3.63) is 57.3 Å². The molecule has 0 radical (unpaired) electrons. The second-order valence-electron chi connectivity index (χ2n) is 3.91. The molecule has 1 aromatic heterocycles. The van der Waals surface area contributed by atoms with Gasteiger partial charge in [0, 0.05) is 24.5 Å². The van der Waals surface area contributed by atoms with Crippen molar-refractivity contribution in [3.63, 3.8) is 0 Å². The largest absolute Gasteiger partial charge is 0.398 e. The fourth-order valence-corrected chi connectivity index (χ4v) is 2.09. The lowest BCUT2D eigenvalue weighted by Gasteiger charge is -2.11. The topological polar surface area (TPSA) is 38.9 Å². The summed E-state index contributed by atoms with van der Waals surface area (Å²) in [5, 5.41) is 1.06. The molecule has 0 unspecified atom stereocenters. The molecule has 17 heavy (non-hydrogen) atoms. The molecule has 2 aromatic rings. The maximum Gasteiger partial charge on any atom is 0.0648 e. The summed E-state index contributed by atoms with van der Waals surface area (Å²) in [6, 6.07) is 5.45. The molecule has 0 saturated heterocycles. The number of halogens is 2. The van der Waals surface area contributed by atoms with Gasteiger partial charge in [-0.3, -0.25) is 4.98 Å². The zero-order valence-corrected chi connectivity index (χ0v) is 10.9. The van der Waals surface area contributed by atoms with Crippen molar-refractivity contribution in [1.82, 2.24) is 4.98 Å². The number of hydrogen-bond donors (Lipinski definition) is 1. The number of benzene rings is 1. The average Bonchev–Trinajstić information content (AvgIpc) is 2.32. The fourth-order valence-electron chi connectivity index (χ4n) is 1.68. The SMILES string of the molecule is Cc1cnccc1Cc1c(N)ccc(Cl)c1Cl. The van der Waals surface area contributed by atoms with Gasteiger partial charge in [0.05, 0.1) is 10.0 Å². The Morgan fingerprint density at radius 3 is 2.71 bits per heavy atom. The molecule has 1 aromatic carbocycles. The Hall–Kier alpha value is -1.25. The molecular formula is C13H12Cl2N2. The van der Waals surface area contributed by atoms with E-state index in [4.69, 9.17) is 28.9 Å². The van der Waals surface area contributed by atoms with Gasteiger partial charge in [-0.1, -0.05) is 23.2 Å². The number of nitrogen functional groups attached to an aromatic ring is 1. The van der Waals surface area contributed by atoms with Crippen LogP contribution in [0.15, 0.2) is 30.6 Å². The number of rotatable bonds is 2. The molecule has 0 saturated carbocycles. The number of nitrogens with zero attached hydrogens (tertiary/aromatic N) is 1. The summed E-state index contributed by atoms with van der Waals surface area (Å²) in [5.41, 5.74) is 9.72. The standard InChI is InChI=1S/C13H12Cl2N2/c1-8-7-17-5-4-9(8)6-10-12(16)3-2-11(14)13(10)15/h2-5,7H,6,16H2,1H3. The van der Waals surface area contributed by atoms with Crippen LogP contribution in [-0.2, 0) is 6.42 Å². The highest BCUT2D eigenvalue weighted by Crippen LogP contribution is 2.32. The first-order valence-electron chi connectivity index (χ1n) is 5.21. The summed E-state index contributed by atoms with van der Waals surface area (Å²) < 4.78 is 0. The van der Waals surface area contributed by atoms with Crippen LogP contribution >= 0.6 is 23.2 Å². The van der Waals surface area contributed by atoms with Gasteiger partial charge in [-0.15, -0.1) is 0 Å². The lowest BCUT2D eigenvalue weighted by atomic mass is 10.0. The normalized spacial score (nSPS) is 10.5. The predicted molar refractivity (Wildman–Crippen MR) is 72.7 cm³/mol. The summed E-state index contributed by atoms with van der Waals surface area (Å²) in [4.78, 5) is 4.06. The summed E-state index contributed by atoms with van der Waals surface area (Å²) in [5.74, 6) is 0. The first kappa shape index (κ1) is 12.2. The molecule has 2 rings (SSSR count). The highest BCUT2D eigenvalue weighted by Gasteiger charge is 2.10. The number of aryl methyl sites for hydroxylation is 1. The van der Waals surface area contributed by atoms with E-state index < -0.39 is 0 Å². The van der Waals surface area contributed by atoms with Crippen LogP contribution in [0.5, 0.6) is 0 Å². The molecule has 0 bridgehead atoms. The second kappa shape index (κ2) is 4.94. The van der Waals surface area contributed by atoms with E-state index >= 15 is 0 Å². The van der Waals surface area contributed by atoms with Gasteiger partial charge in [-0.05, 0) is 41.8 Å². The van der Waals surface area contributed by atoms with Crippen molar-refractivity contribution in [3.8, 4) is 0 Å². The Morgan fingerprint density at radius 2 is 2.00 bits per heavy atom. The molecular weight excluding hydrogens is 255 g/mol. The third-order valence-corrected chi connectivity index (χ3v) is 3.58. The molecule has 2 N–H and O–H groups in total. The smallest absolute Gasteiger partial charge is 0.0648 e. The quantitative estimate of drug-likeness (QED) is 0.839. The number of anilines is 1. The first-order valence-corrected chi connectivity index (χ1v) is 5.97. The van der Waals surface area contributed by atoms with E-state index in [9.17, 15) is 0 Å². The molecule has 0 fully saturated rings. The van der Waals surface area contributed by atoms with Crippen LogP contribution < -0.4 is 5.73 Å². The Balaban J connectivity index is 2.43. The van der Waals surface area contributed by atoms with Crippen molar-refractivity contribution in [2.45, 2.75) is 13.3 Å². The minimum Gasteiger partial charge on any atom is -0.398 e. The zero-order valence-electron chi connectivity index (χ0n) is 9.37. The summed E-state index contributed by atoms with van der Waals surface area (Å²) in [7, 11) is 0. The minimum atomic E-state index is 0.530. The Kier molecular flexibility index (Phi) is 3.55. The van der Waals surface area contributed by atoms with Crippen LogP contribution in [0.25, 0.3) is 0 Å². The van der Waals surface area contributed by atoms with Gasteiger partial charge in [0.25, 0.3) is 0 Å². The predicted octanol–water partition coefficient (Wildman–Crippen LogP) is 3.87. The van der Waals surface area contributed by atoms with Crippen molar-refractivity contribution in [1.29, 1.82) is 0 Å². The lowest BCUT2D eigenvalue weighted by molar-refractivity contribution is 1.12. The summed E-state index contributed by atoms with van der Waals surface area (Å²) >= 11 is 12.2. The van der Waals surface area contributed by atoms with Crippen molar-refractivity contribution < 1.29 is 0 Å². The van der Waals surface area contributed by atoms with E-state index in [1.54, 1.807) is 18.3 Å². The molecule has 0 spiro atoms. The van der Waals surface area contributed by atoms with Gasteiger partial charge < -0.3 is 5.73 Å². The average molecular weight is 267 g/mol. The molecule has 2 nitrogen and oxygen atoms in total. The third-order valence-electron chi connectivity index (χ3n) is 2.74. The first-order chi connectivity index (χ1) is 8.09. The molecule has 0 atom stereocenters. The van der Waals surface area contributed by atoms with E-state index in [1.807, 2.05) is 19.2 Å². The van der Waals surface area contributed by atoms with Crippen LogP contribution in [-0.4, -0.2) is 4.98 Å². The van der Waals surface area contributed by atoms with E-state index in [0.29, 0.717) is 22.2 Å². The number of aromatic nitrogens is 1. The van der Waals surface area contributed by atoms with Crippen LogP contribution in [0.3, 0.4) is 0 Å². The monoisotopic (exact) mass is 266 g/mol. The van der Waals surface area contributed by atoms with E-state index in [1.165, 1.54) is 0 Å². The molecule has 0 aliphatic heterocycles.